The lowest BCUT2D eigenvalue weighted by Gasteiger charge is -2.33. The molecule has 3 saturated heterocycles. The highest BCUT2D eigenvalue weighted by atomic mass is 15.4. The second kappa shape index (κ2) is 8.83. The first-order chi connectivity index (χ1) is 15.8. The Balaban J connectivity index is 1.28. The molecule has 0 unspecified atom stereocenters. The summed E-state index contributed by atoms with van der Waals surface area (Å²) in [6, 6.07) is 0. The Morgan fingerprint density at radius 2 is 1.16 bits per heavy atom. The Kier molecular flexibility index (Phi) is 5.57. The van der Waals surface area contributed by atoms with Crippen LogP contribution in [0.5, 0.6) is 0 Å². The van der Waals surface area contributed by atoms with E-state index in [1.54, 1.807) is 0 Å². The zero-order valence-electron chi connectivity index (χ0n) is 19.1. The van der Waals surface area contributed by atoms with Crippen LogP contribution in [0.1, 0.15) is 75.4 Å². The van der Waals surface area contributed by atoms with Gasteiger partial charge in [0.2, 0.25) is 17.8 Å². The zero-order chi connectivity index (χ0) is 21.3. The van der Waals surface area contributed by atoms with Crippen LogP contribution in [0, 0.1) is 0 Å². The molecule has 6 rings (SSSR count). The van der Waals surface area contributed by atoms with Gasteiger partial charge >= 0.3 is 0 Å². The highest BCUT2D eigenvalue weighted by molar-refractivity contribution is 5.48. The number of piperidine rings is 1. The molecule has 4 aliphatic heterocycles. The van der Waals surface area contributed by atoms with E-state index in [1.165, 1.54) is 56.6 Å². The fourth-order valence-corrected chi connectivity index (χ4v) is 5.78. The van der Waals surface area contributed by atoms with Crippen LogP contribution in [0.25, 0.3) is 0 Å². The molecule has 2 aromatic heterocycles. The van der Waals surface area contributed by atoms with Crippen molar-refractivity contribution in [2.24, 2.45) is 0 Å². The molecule has 0 radical (unpaired) electrons. The fourth-order valence-electron chi connectivity index (χ4n) is 5.78. The first-order valence-electron chi connectivity index (χ1n) is 12.8. The molecule has 6 heterocycles. The Morgan fingerprint density at radius 3 is 1.84 bits per heavy atom. The molecule has 0 aliphatic carbocycles. The van der Waals surface area contributed by atoms with E-state index in [0.29, 0.717) is 5.92 Å². The highest BCUT2D eigenvalue weighted by Gasteiger charge is 2.30. The molecule has 9 heteroatoms. The number of hydrogen-bond donors (Lipinski definition) is 0. The van der Waals surface area contributed by atoms with Crippen molar-refractivity contribution in [2.75, 3.05) is 54.0 Å². The Morgan fingerprint density at radius 1 is 0.562 bits per heavy atom. The minimum atomic E-state index is 0.394. The van der Waals surface area contributed by atoms with Gasteiger partial charge < -0.3 is 19.3 Å². The summed E-state index contributed by atoms with van der Waals surface area (Å²) in [5.74, 6) is 5.35. The Labute approximate surface area is 190 Å². The van der Waals surface area contributed by atoms with Gasteiger partial charge in [-0.1, -0.05) is 6.42 Å². The van der Waals surface area contributed by atoms with Gasteiger partial charge in [0.05, 0.1) is 0 Å². The maximum absolute atomic E-state index is 4.99. The van der Waals surface area contributed by atoms with E-state index in [-0.39, 0.29) is 0 Å². The number of rotatable bonds is 4. The number of fused-ring (bicyclic) bond motifs is 1. The molecule has 9 nitrogen and oxygen atoms in total. The first-order valence-corrected chi connectivity index (χ1v) is 12.8. The third kappa shape index (κ3) is 3.90. The predicted octanol–water partition coefficient (Wildman–Crippen LogP) is 2.77. The van der Waals surface area contributed by atoms with E-state index in [2.05, 4.69) is 29.5 Å². The van der Waals surface area contributed by atoms with Crippen LogP contribution in [0.4, 0.5) is 17.8 Å². The van der Waals surface area contributed by atoms with Crippen LogP contribution >= 0.6 is 0 Å². The second-order valence-electron chi connectivity index (χ2n) is 9.85. The van der Waals surface area contributed by atoms with Gasteiger partial charge in [-0.05, 0) is 51.4 Å². The molecule has 2 aromatic rings. The number of aromatic nitrogens is 6. The zero-order valence-corrected chi connectivity index (χ0v) is 19.1. The fraction of sp³-hybridized carbons (Fsp3) is 0.783. The van der Waals surface area contributed by atoms with Crippen molar-refractivity contribution in [1.29, 1.82) is 0 Å². The molecule has 1 atom stereocenters. The second-order valence-corrected chi connectivity index (χ2v) is 9.85. The average Bonchev–Trinajstić information content (AvgIpc) is 3.60. The van der Waals surface area contributed by atoms with Gasteiger partial charge in [-0.25, -0.2) is 0 Å². The van der Waals surface area contributed by atoms with Crippen LogP contribution in [-0.4, -0.2) is 69.0 Å². The van der Waals surface area contributed by atoms with Crippen molar-refractivity contribution in [3.05, 3.63) is 11.6 Å². The molecular formula is C23H35N9. The van der Waals surface area contributed by atoms with Crippen molar-refractivity contribution in [2.45, 2.75) is 76.7 Å². The van der Waals surface area contributed by atoms with E-state index in [0.717, 1.165) is 82.9 Å². The topological polar surface area (TPSA) is 79.1 Å². The summed E-state index contributed by atoms with van der Waals surface area (Å²) in [4.78, 5) is 21.9. The van der Waals surface area contributed by atoms with Gasteiger partial charge in [0.1, 0.15) is 11.6 Å². The van der Waals surface area contributed by atoms with Gasteiger partial charge in [-0.15, -0.1) is 10.2 Å². The Hall–Kier alpha value is -2.45. The lowest BCUT2D eigenvalue weighted by Crippen LogP contribution is -2.37. The van der Waals surface area contributed by atoms with Crippen molar-refractivity contribution in [3.63, 3.8) is 0 Å². The molecule has 0 amide bonds. The molecule has 0 N–H and O–H groups in total. The number of nitrogens with zero attached hydrogens (tertiary/aromatic N) is 9. The number of aryl methyl sites for hydroxylation is 1. The highest BCUT2D eigenvalue weighted by Crippen LogP contribution is 2.31. The smallest absolute Gasteiger partial charge is 0.231 e. The first kappa shape index (κ1) is 20.2. The van der Waals surface area contributed by atoms with Crippen LogP contribution in [0.3, 0.4) is 0 Å². The van der Waals surface area contributed by atoms with E-state index in [4.69, 9.17) is 15.0 Å². The number of hydrogen-bond acceptors (Lipinski definition) is 8. The monoisotopic (exact) mass is 437 g/mol. The van der Waals surface area contributed by atoms with Crippen LogP contribution in [0.2, 0.25) is 0 Å². The molecule has 32 heavy (non-hydrogen) atoms. The molecule has 3 fully saturated rings. The van der Waals surface area contributed by atoms with Gasteiger partial charge in [-0.2, -0.15) is 15.0 Å². The summed E-state index contributed by atoms with van der Waals surface area (Å²) in [5, 5.41) is 9.23. The number of anilines is 3. The van der Waals surface area contributed by atoms with E-state index in [9.17, 15) is 0 Å². The normalized spacial score (nSPS) is 24.1. The van der Waals surface area contributed by atoms with E-state index >= 15 is 0 Å². The van der Waals surface area contributed by atoms with Crippen molar-refractivity contribution in [1.82, 2.24) is 29.7 Å². The Bertz CT molecular complexity index is 895. The maximum atomic E-state index is 4.99. The lowest BCUT2D eigenvalue weighted by molar-refractivity contribution is 0.461. The van der Waals surface area contributed by atoms with Crippen LogP contribution in [0.15, 0.2) is 0 Å². The lowest BCUT2D eigenvalue weighted by atomic mass is 9.97. The molecule has 0 spiro atoms. The largest absolute Gasteiger partial charge is 0.341 e. The molecule has 4 aliphatic rings. The quantitative estimate of drug-likeness (QED) is 0.723. The van der Waals surface area contributed by atoms with E-state index < -0.39 is 0 Å². The molecular weight excluding hydrogens is 402 g/mol. The molecule has 0 saturated carbocycles. The van der Waals surface area contributed by atoms with E-state index in [1.807, 2.05) is 0 Å². The summed E-state index contributed by atoms with van der Waals surface area (Å²) >= 11 is 0. The van der Waals surface area contributed by atoms with Crippen molar-refractivity contribution >= 4 is 17.8 Å². The predicted molar refractivity (Wildman–Crippen MR) is 124 cm³/mol. The summed E-state index contributed by atoms with van der Waals surface area (Å²) < 4.78 is 2.42. The van der Waals surface area contributed by atoms with Crippen molar-refractivity contribution < 1.29 is 0 Å². The van der Waals surface area contributed by atoms with Crippen LogP contribution < -0.4 is 14.7 Å². The molecule has 0 aromatic carbocycles. The molecule has 0 bridgehead atoms. The minimum absolute atomic E-state index is 0.394. The van der Waals surface area contributed by atoms with Crippen molar-refractivity contribution in [3.8, 4) is 0 Å². The third-order valence-corrected chi connectivity index (χ3v) is 7.59. The summed E-state index contributed by atoms with van der Waals surface area (Å²) in [5.41, 5.74) is 0. The standard InChI is InChI=1S/C23H35N9/c1-2-10-19-27-28-20(32(19)16-3-1)18-9-8-15-31(17-18)23-25-21(29-11-4-5-12-29)24-22(26-23)30-13-6-7-14-30/h18H,1-17H2/t18-/m1/s1. The summed E-state index contributed by atoms with van der Waals surface area (Å²) in [7, 11) is 0. The van der Waals surface area contributed by atoms with Gasteiger partial charge in [-0.3, -0.25) is 0 Å². The molecule has 172 valence electrons. The SMILES string of the molecule is C1CCc2nnc([C@@H]3CCCN(c4nc(N5CCCC5)nc(N5CCCC5)n4)C3)n2CC1. The van der Waals surface area contributed by atoms with Crippen LogP contribution in [-0.2, 0) is 13.0 Å². The summed E-state index contributed by atoms with van der Waals surface area (Å²) in [6.45, 7) is 7.20. The maximum Gasteiger partial charge on any atom is 0.231 e. The van der Waals surface area contributed by atoms with Gasteiger partial charge in [0.25, 0.3) is 0 Å². The third-order valence-electron chi connectivity index (χ3n) is 7.59. The minimum Gasteiger partial charge on any atom is -0.341 e. The van der Waals surface area contributed by atoms with Gasteiger partial charge in [0, 0.05) is 58.2 Å². The summed E-state index contributed by atoms with van der Waals surface area (Å²) in [6.07, 6.45) is 12.0. The van der Waals surface area contributed by atoms with Gasteiger partial charge in [0.15, 0.2) is 0 Å². The average molecular weight is 438 g/mol.